The van der Waals surface area contributed by atoms with Crippen molar-refractivity contribution in [1.29, 1.82) is 0 Å². The van der Waals surface area contributed by atoms with E-state index in [0.29, 0.717) is 17.7 Å². The number of carboxylic acids is 1. The van der Waals surface area contributed by atoms with E-state index in [0.717, 1.165) is 37.0 Å². The van der Waals surface area contributed by atoms with E-state index in [9.17, 15) is 32.3 Å². The van der Waals surface area contributed by atoms with Gasteiger partial charge in [0.2, 0.25) is 5.91 Å². The SMILES string of the molecule is O=C(O)c1cc(NC(=O)C2(c3ccc(C(F)(F)F)cc3F)CC2)ccc1-n1cc(C2CCC2)cn1. The lowest BCUT2D eigenvalue weighted by Crippen LogP contribution is -2.29. The first-order chi connectivity index (χ1) is 16.6. The fourth-order valence-corrected chi connectivity index (χ4v) is 4.48. The Bertz CT molecular complexity index is 1320. The molecule has 2 fully saturated rings. The number of anilines is 1. The van der Waals surface area contributed by atoms with Crippen molar-refractivity contribution in [2.24, 2.45) is 0 Å². The molecule has 6 nitrogen and oxygen atoms in total. The van der Waals surface area contributed by atoms with Crippen LogP contribution in [-0.2, 0) is 16.4 Å². The standard InChI is InChI=1S/C25H21F4N3O3/c26-20-10-16(25(27,28)29)4-6-19(20)24(8-9-24)23(35)31-17-5-7-21(18(11-17)22(33)34)32-13-15(12-30-32)14-2-1-3-14/h4-7,10-14H,1-3,8-9H2,(H,31,35)(H,33,34). The number of alkyl halides is 3. The first kappa shape index (κ1) is 23.1. The Balaban J connectivity index is 1.39. The molecule has 0 radical (unpaired) electrons. The summed E-state index contributed by atoms with van der Waals surface area (Å²) in [5.41, 5.74) is -1.07. The highest BCUT2D eigenvalue weighted by atomic mass is 19.4. The van der Waals surface area contributed by atoms with Gasteiger partial charge < -0.3 is 10.4 Å². The first-order valence-corrected chi connectivity index (χ1v) is 11.2. The number of halogens is 4. The van der Waals surface area contributed by atoms with Crippen LogP contribution in [0.4, 0.5) is 23.2 Å². The number of carboxylic acid groups (broad SMARTS) is 1. The number of aromatic nitrogens is 2. The monoisotopic (exact) mass is 487 g/mol. The topological polar surface area (TPSA) is 84.2 Å². The maximum absolute atomic E-state index is 14.5. The zero-order valence-electron chi connectivity index (χ0n) is 18.4. The molecule has 1 amide bonds. The number of nitrogens with zero attached hydrogens (tertiary/aromatic N) is 2. The number of benzene rings is 2. The van der Waals surface area contributed by atoms with Crippen LogP contribution in [0.15, 0.2) is 48.8 Å². The molecule has 35 heavy (non-hydrogen) atoms. The van der Waals surface area contributed by atoms with Crippen LogP contribution in [0.3, 0.4) is 0 Å². The molecule has 182 valence electrons. The second-order valence-electron chi connectivity index (χ2n) is 9.11. The molecule has 2 saturated carbocycles. The molecule has 0 unspecified atom stereocenters. The van der Waals surface area contributed by atoms with Gasteiger partial charge in [-0.3, -0.25) is 4.79 Å². The first-order valence-electron chi connectivity index (χ1n) is 11.2. The third-order valence-electron chi connectivity index (χ3n) is 6.91. The van der Waals surface area contributed by atoms with Crippen LogP contribution in [-0.4, -0.2) is 26.8 Å². The smallest absolute Gasteiger partial charge is 0.416 e. The van der Waals surface area contributed by atoms with E-state index in [1.165, 1.54) is 22.9 Å². The van der Waals surface area contributed by atoms with Crippen LogP contribution in [0.1, 0.15) is 65.1 Å². The highest BCUT2D eigenvalue weighted by Crippen LogP contribution is 2.50. The summed E-state index contributed by atoms with van der Waals surface area (Å²) in [5.74, 6) is -2.50. The lowest BCUT2D eigenvalue weighted by molar-refractivity contribution is -0.137. The average molecular weight is 487 g/mol. The van der Waals surface area contributed by atoms with Gasteiger partial charge in [-0.05, 0) is 67.5 Å². The van der Waals surface area contributed by atoms with Crippen molar-refractivity contribution in [3.63, 3.8) is 0 Å². The number of hydrogen-bond donors (Lipinski definition) is 2. The molecule has 5 rings (SSSR count). The zero-order chi connectivity index (χ0) is 25.0. The molecule has 2 aliphatic rings. The van der Waals surface area contributed by atoms with Crippen molar-refractivity contribution in [2.75, 3.05) is 5.32 Å². The number of rotatable bonds is 6. The Hall–Kier alpha value is -3.69. The van der Waals surface area contributed by atoms with Crippen LogP contribution >= 0.6 is 0 Å². The number of amides is 1. The van der Waals surface area contributed by atoms with Crippen molar-refractivity contribution in [2.45, 2.75) is 49.6 Å². The highest BCUT2D eigenvalue weighted by Gasteiger charge is 2.53. The van der Waals surface area contributed by atoms with Gasteiger partial charge in [0.1, 0.15) is 5.82 Å². The largest absolute Gasteiger partial charge is 0.478 e. The molecule has 0 spiro atoms. The zero-order valence-corrected chi connectivity index (χ0v) is 18.4. The van der Waals surface area contributed by atoms with Crippen molar-refractivity contribution < 1.29 is 32.3 Å². The number of carbonyl (C=O) groups is 2. The third-order valence-corrected chi connectivity index (χ3v) is 6.91. The predicted octanol–water partition coefficient (Wildman–Crippen LogP) is 5.67. The Morgan fingerprint density at radius 1 is 1.11 bits per heavy atom. The minimum Gasteiger partial charge on any atom is -0.478 e. The molecule has 2 N–H and O–H groups in total. The summed E-state index contributed by atoms with van der Waals surface area (Å²) >= 11 is 0. The van der Waals surface area contributed by atoms with Crippen LogP contribution in [0.25, 0.3) is 5.69 Å². The van der Waals surface area contributed by atoms with E-state index in [-0.39, 0.29) is 29.7 Å². The second kappa shape index (κ2) is 8.21. The summed E-state index contributed by atoms with van der Waals surface area (Å²) < 4.78 is 54.7. The van der Waals surface area contributed by atoms with E-state index in [4.69, 9.17) is 0 Å². The van der Waals surface area contributed by atoms with Gasteiger partial charge in [0.15, 0.2) is 0 Å². The minimum absolute atomic E-state index is 0.0865. The van der Waals surface area contributed by atoms with Crippen LogP contribution in [0, 0.1) is 5.82 Å². The average Bonchev–Trinajstić information content (AvgIpc) is 3.43. The summed E-state index contributed by atoms with van der Waals surface area (Å²) in [4.78, 5) is 25.0. The number of carbonyl (C=O) groups excluding carboxylic acids is 1. The maximum atomic E-state index is 14.5. The fourth-order valence-electron chi connectivity index (χ4n) is 4.48. The maximum Gasteiger partial charge on any atom is 0.416 e. The third kappa shape index (κ3) is 4.17. The van der Waals surface area contributed by atoms with Gasteiger partial charge in [0.25, 0.3) is 0 Å². The van der Waals surface area contributed by atoms with Gasteiger partial charge in [-0.15, -0.1) is 0 Å². The van der Waals surface area contributed by atoms with Crippen molar-refractivity contribution in [3.8, 4) is 5.69 Å². The Labute approximate surface area is 197 Å². The van der Waals surface area contributed by atoms with Gasteiger partial charge in [-0.25, -0.2) is 13.9 Å². The molecular formula is C25H21F4N3O3. The molecule has 10 heteroatoms. The lowest BCUT2D eigenvalue weighted by Gasteiger charge is -2.23. The molecule has 1 heterocycles. The van der Waals surface area contributed by atoms with Crippen molar-refractivity contribution >= 4 is 17.6 Å². The minimum atomic E-state index is -4.69. The van der Waals surface area contributed by atoms with Gasteiger partial charge in [-0.1, -0.05) is 12.5 Å². The molecule has 2 aliphatic carbocycles. The lowest BCUT2D eigenvalue weighted by atomic mass is 9.81. The predicted molar refractivity (Wildman–Crippen MR) is 118 cm³/mol. The molecular weight excluding hydrogens is 466 g/mol. The van der Waals surface area contributed by atoms with E-state index in [1.807, 2.05) is 0 Å². The van der Waals surface area contributed by atoms with Gasteiger partial charge in [0, 0.05) is 17.4 Å². The quantitative estimate of drug-likeness (QED) is 0.439. The molecule has 0 aliphatic heterocycles. The van der Waals surface area contributed by atoms with Crippen LogP contribution < -0.4 is 5.32 Å². The van der Waals surface area contributed by atoms with Gasteiger partial charge in [0.05, 0.1) is 28.4 Å². The van der Waals surface area contributed by atoms with Crippen molar-refractivity contribution in [3.05, 3.63) is 76.9 Å². The van der Waals surface area contributed by atoms with Crippen LogP contribution in [0.5, 0.6) is 0 Å². The normalized spacial score (nSPS) is 17.0. The molecule has 2 aromatic carbocycles. The highest BCUT2D eigenvalue weighted by molar-refractivity contribution is 6.02. The second-order valence-corrected chi connectivity index (χ2v) is 9.11. The molecule has 0 atom stereocenters. The van der Waals surface area contributed by atoms with Crippen LogP contribution in [0.2, 0.25) is 0 Å². The summed E-state index contributed by atoms with van der Waals surface area (Å²) in [6.07, 6.45) is 2.66. The van der Waals surface area contributed by atoms with E-state index < -0.39 is 34.8 Å². The van der Waals surface area contributed by atoms with E-state index in [2.05, 4.69) is 10.4 Å². The number of nitrogens with one attached hydrogen (secondary N) is 1. The van der Waals surface area contributed by atoms with E-state index in [1.54, 1.807) is 12.4 Å². The molecule has 1 aromatic heterocycles. The van der Waals surface area contributed by atoms with Crippen molar-refractivity contribution in [1.82, 2.24) is 9.78 Å². The number of hydrogen-bond acceptors (Lipinski definition) is 3. The fraction of sp³-hybridized carbons (Fsp3) is 0.320. The summed E-state index contributed by atoms with van der Waals surface area (Å²) in [6.45, 7) is 0. The Morgan fingerprint density at radius 3 is 2.43 bits per heavy atom. The van der Waals surface area contributed by atoms with E-state index >= 15 is 0 Å². The Kier molecular flexibility index (Phi) is 5.41. The molecule has 0 saturated heterocycles. The Morgan fingerprint density at radius 2 is 1.86 bits per heavy atom. The molecule has 3 aromatic rings. The van der Waals surface area contributed by atoms with Gasteiger partial charge >= 0.3 is 12.1 Å². The summed E-state index contributed by atoms with van der Waals surface area (Å²) in [7, 11) is 0. The molecule has 0 bridgehead atoms. The summed E-state index contributed by atoms with van der Waals surface area (Å²) in [6, 6.07) is 6.47. The summed E-state index contributed by atoms with van der Waals surface area (Å²) in [5, 5.41) is 16.6. The van der Waals surface area contributed by atoms with Gasteiger partial charge in [-0.2, -0.15) is 18.3 Å². The number of aromatic carboxylic acids is 1.